The summed E-state index contributed by atoms with van der Waals surface area (Å²) in [6.45, 7) is 7.37. The first kappa shape index (κ1) is 25.3. The minimum Gasteiger partial charge on any atom is -0.497 e. The van der Waals surface area contributed by atoms with Crippen molar-refractivity contribution in [1.29, 1.82) is 0 Å². The summed E-state index contributed by atoms with van der Waals surface area (Å²) in [4.78, 5) is 9.38. The minimum absolute atomic E-state index is 0. The number of anilines is 1. The van der Waals surface area contributed by atoms with Crippen LogP contribution in [0.4, 0.5) is 5.69 Å². The molecule has 2 N–H and O–H groups in total. The van der Waals surface area contributed by atoms with Crippen LogP contribution in [0.15, 0.2) is 59.6 Å². The summed E-state index contributed by atoms with van der Waals surface area (Å²) in [5, 5.41) is 6.78. The lowest BCUT2D eigenvalue weighted by Crippen LogP contribution is -2.46. The number of rotatable bonds is 9. The quantitative estimate of drug-likeness (QED) is 0.222. The van der Waals surface area contributed by atoms with E-state index in [4.69, 9.17) is 4.74 Å². The Bertz CT molecular complexity index is 761. The van der Waals surface area contributed by atoms with E-state index in [-0.39, 0.29) is 24.0 Å². The van der Waals surface area contributed by atoms with Crippen molar-refractivity contribution in [2.24, 2.45) is 4.99 Å². The Morgan fingerprint density at radius 2 is 1.65 bits per heavy atom. The first-order valence-corrected chi connectivity index (χ1v) is 10.9. The van der Waals surface area contributed by atoms with Crippen LogP contribution in [-0.4, -0.2) is 64.3 Å². The average Bonchev–Trinajstić information content (AvgIpc) is 2.82. The van der Waals surface area contributed by atoms with Crippen molar-refractivity contribution in [2.45, 2.75) is 19.4 Å². The van der Waals surface area contributed by atoms with Gasteiger partial charge in [-0.05, 0) is 49.2 Å². The average molecular weight is 537 g/mol. The third-order valence-corrected chi connectivity index (χ3v) is 5.53. The number of nitrogens with zero attached hydrogens (tertiary/aromatic N) is 3. The van der Waals surface area contributed by atoms with E-state index in [9.17, 15) is 0 Å². The molecule has 6 nitrogen and oxygen atoms in total. The van der Waals surface area contributed by atoms with Gasteiger partial charge in [0.25, 0.3) is 0 Å². The van der Waals surface area contributed by atoms with Gasteiger partial charge in [0.15, 0.2) is 5.96 Å². The lowest BCUT2D eigenvalue weighted by molar-refractivity contribution is 0.253. The van der Waals surface area contributed by atoms with E-state index < -0.39 is 0 Å². The predicted octanol–water partition coefficient (Wildman–Crippen LogP) is 3.58. The van der Waals surface area contributed by atoms with Gasteiger partial charge in [-0.15, -0.1) is 24.0 Å². The number of guanidine groups is 1. The van der Waals surface area contributed by atoms with Gasteiger partial charge in [0.1, 0.15) is 5.75 Å². The van der Waals surface area contributed by atoms with Gasteiger partial charge in [-0.3, -0.25) is 9.89 Å². The fourth-order valence-electron chi connectivity index (χ4n) is 3.69. The number of aliphatic imine (C=N–C) groups is 1. The van der Waals surface area contributed by atoms with Gasteiger partial charge >= 0.3 is 0 Å². The largest absolute Gasteiger partial charge is 0.497 e. The van der Waals surface area contributed by atoms with E-state index in [1.165, 1.54) is 24.2 Å². The molecule has 0 bridgehead atoms. The van der Waals surface area contributed by atoms with Crippen LogP contribution in [0.2, 0.25) is 0 Å². The van der Waals surface area contributed by atoms with Crippen molar-refractivity contribution in [2.75, 3.05) is 58.3 Å². The molecule has 31 heavy (non-hydrogen) atoms. The number of unbranched alkanes of at least 4 members (excludes halogenated alkanes) is 1. The molecule has 1 fully saturated rings. The summed E-state index contributed by atoms with van der Waals surface area (Å²) in [6.07, 6.45) is 2.34. The molecule has 2 aromatic carbocycles. The first-order valence-electron chi connectivity index (χ1n) is 10.9. The fraction of sp³-hybridized carbons (Fsp3) is 0.458. The fourth-order valence-corrected chi connectivity index (χ4v) is 3.69. The Morgan fingerprint density at radius 3 is 2.29 bits per heavy atom. The molecule has 2 aromatic rings. The second kappa shape index (κ2) is 14.1. The SMILES string of the molecule is CN=C(NCCCCN1CCN(c2ccccc2)CC1)NCc1ccc(OC)cc1.I. The van der Waals surface area contributed by atoms with Crippen LogP contribution in [0.3, 0.4) is 0 Å². The van der Waals surface area contributed by atoms with Gasteiger partial charge in [0.05, 0.1) is 7.11 Å². The number of benzene rings is 2. The van der Waals surface area contributed by atoms with Gasteiger partial charge in [-0.2, -0.15) is 0 Å². The Hall–Kier alpha value is -2.00. The molecule has 0 radical (unpaired) electrons. The van der Waals surface area contributed by atoms with Crippen molar-refractivity contribution in [1.82, 2.24) is 15.5 Å². The summed E-state index contributed by atoms with van der Waals surface area (Å²) < 4.78 is 5.20. The van der Waals surface area contributed by atoms with Crippen molar-refractivity contribution in [3.05, 3.63) is 60.2 Å². The highest BCUT2D eigenvalue weighted by molar-refractivity contribution is 14.0. The first-order chi connectivity index (χ1) is 14.8. The van der Waals surface area contributed by atoms with E-state index >= 15 is 0 Å². The molecule has 0 aliphatic carbocycles. The Kier molecular flexibility index (Phi) is 11.5. The van der Waals surface area contributed by atoms with Crippen LogP contribution in [0, 0.1) is 0 Å². The molecule has 0 spiro atoms. The molecular weight excluding hydrogens is 501 g/mol. The van der Waals surface area contributed by atoms with Crippen LogP contribution >= 0.6 is 24.0 Å². The third kappa shape index (κ3) is 8.57. The second-order valence-electron chi connectivity index (χ2n) is 7.57. The van der Waals surface area contributed by atoms with Gasteiger partial charge in [0, 0.05) is 52.0 Å². The predicted molar refractivity (Wildman–Crippen MR) is 141 cm³/mol. The molecule has 1 heterocycles. The normalized spacial score (nSPS) is 14.6. The van der Waals surface area contributed by atoms with Gasteiger partial charge in [-0.25, -0.2) is 0 Å². The molecule has 0 saturated carbocycles. The lowest BCUT2D eigenvalue weighted by atomic mass is 10.2. The Labute approximate surface area is 204 Å². The van der Waals surface area contributed by atoms with Gasteiger partial charge < -0.3 is 20.3 Å². The smallest absolute Gasteiger partial charge is 0.191 e. The van der Waals surface area contributed by atoms with E-state index in [0.29, 0.717) is 0 Å². The summed E-state index contributed by atoms with van der Waals surface area (Å²) in [6, 6.07) is 18.8. The van der Waals surface area contributed by atoms with Crippen molar-refractivity contribution in [3.63, 3.8) is 0 Å². The van der Waals surface area contributed by atoms with E-state index in [1.54, 1.807) is 7.11 Å². The number of ether oxygens (including phenoxy) is 1. The Morgan fingerprint density at radius 1 is 0.935 bits per heavy atom. The van der Waals surface area contributed by atoms with Crippen LogP contribution < -0.4 is 20.3 Å². The molecule has 3 rings (SSSR count). The van der Waals surface area contributed by atoms with Crippen molar-refractivity contribution in [3.8, 4) is 5.75 Å². The molecule has 170 valence electrons. The van der Waals surface area contributed by atoms with Gasteiger partial charge in [0.2, 0.25) is 0 Å². The maximum Gasteiger partial charge on any atom is 0.191 e. The number of methoxy groups -OCH3 is 1. The third-order valence-electron chi connectivity index (χ3n) is 5.53. The summed E-state index contributed by atoms with van der Waals surface area (Å²) >= 11 is 0. The number of nitrogens with one attached hydrogen (secondary N) is 2. The number of piperazine rings is 1. The molecule has 1 aliphatic rings. The summed E-state index contributed by atoms with van der Waals surface area (Å²) in [5.41, 5.74) is 2.54. The lowest BCUT2D eigenvalue weighted by Gasteiger charge is -2.36. The zero-order valence-electron chi connectivity index (χ0n) is 18.7. The standard InChI is InChI=1S/C24H35N5O.HI/c1-25-24(27-20-21-10-12-23(30-2)13-11-21)26-14-6-7-15-28-16-18-29(19-17-28)22-8-4-3-5-9-22;/h3-5,8-13H,6-7,14-20H2,1-2H3,(H2,25,26,27);1H. The van der Waals surface area contributed by atoms with Crippen LogP contribution in [0.1, 0.15) is 18.4 Å². The molecule has 0 amide bonds. The minimum atomic E-state index is 0. The molecule has 0 atom stereocenters. The van der Waals surface area contributed by atoms with Crippen molar-refractivity contribution >= 4 is 35.6 Å². The highest BCUT2D eigenvalue weighted by Crippen LogP contribution is 2.15. The second-order valence-corrected chi connectivity index (χ2v) is 7.57. The Balaban J connectivity index is 0.00000341. The zero-order valence-corrected chi connectivity index (χ0v) is 21.0. The molecule has 0 unspecified atom stereocenters. The van der Waals surface area contributed by atoms with Crippen LogP contribution in [-0.2, 0) is 6.54 Å². The highest BCUT2D eigenvalue weighted by atomic mass is 127. The maximum absolute atomic E-state index is 5.20. The molecular formula is C24H36IN5O. The number of hydrogen-bond acceptors (Lipinski definition) is 4. The van der Waals surface area contributed by atoms with Crippen LogP contribution in [0.5, 0.6) is 5.75 Å². The van der Waals surface area contributed by atoms with Gasteiger partial charge in [-0.1, -0.05) is 30.3 Å². The van der Waals surface area contributed by atoms with Crippen molar-refractivity contribution < 1.29 is 4.74 Å². The number of halogens is 1. The van der Waals surface area contributed by atoms with E-state index in [2.05, 4.69) is 67.9 Å². The summed E-state index contributed by atoms with van der Waals surface area (Å²) in [7, 11) is 3.50. The molecule has 1 saturated heterocycles. The van der Waals surface area contributed by atoms with E-state index in [0.717, 1.165) is 57.4 Å². The maximum atomic E-state index is 5.20. The number of hydrogen-bond donors (Lipinski definition) is 2. The van der Waals surface area contributed by atoms with E-state index in [1.807, 2.05) is 19.2 Å². The molecule has 0 aromatic heterocycles. The highest BCUT2D eigenvalue weighted by Gasteiger charge is 2.16. The molecule has 7 heteroatoms. The monoisotopic (exact) mass is 537 g/mol. The topological polar surface area (TPSA) is 52.1 Å². The zero-order chi connectivity index (χ0) is 21.0. The van der Waals surface area contributed by atoms with Crippen LogP contribution in [0.25, 0.3) is 0 Å². The summed E-state index contributed by atoms with van der Waals surface area (Å²) in [5.74, 6) is 1.73. The number of para-hydroxylation sites is 1. The molecule has 1 aliphatic heterocycles.